The maximum atomic E-state index is 12.0. The Labute approximate surface area is 164 Å². The summed E-state index contributed by atoms with van der Waals surface area (Å²) in [5.41, 5.74) is 4.80. The van der Waals surface area contributed by atoms with Crippen molar-refractivity contribution in [1.82, 2.24) is 5.32 Å². The second-order valence-electron chi connectivity index (χ2n) is 6.52. The fraction of sp³-hybridized carbons (Fsp3) is 0.409. The number of hydrogen-bond donors (Lipinski definition) is 1. The molecule has 0 aliphatic heterocycles. The molecule has 6 heteroatoms. The Morgan fingerprint density at radius 2 is 1.50 bits per heavy atom. The highest BCUT2D eigenvalue weighted by Gasteiger charge is 2.28. The monoisotopic (exact) mass is 387 g/mol. The van der Waals surface area contributed by atoms with E-state index in [1.54, 1.807) is 0 Å². The lowest BCUT2D eigenvalue weighted by molar-refractivity contribution is 0.0420. The van der Waals surface area contributed by atoms with Gasteiger partial charge in [0.05, 0.1) is 19.8 Å². The number of alkyl halides is 1. The second kappa shape index (κ2) is 10.8. The van der Waals surface area contributed by atoms with E-state index in [-0.39, 0.29) is 12.5 Å². The molecule has 0 spiro atoms. The molecule has 0 heterocycles. The molecule has 28 heavy (non-hydrogen) atoms. The van der Waals surface area contributed by atoms with Gasteiger partial charge in [-0.15, -0.1) is 0 Å². The number of alkyl carbamates (subject to hydrolysis) is 1. The average molecular weight is 387 g/mol. The molecule has 2 aromatic carbocycles. The van der Waals surface area contributed by atoms with Crippen LogP contribution in [-0.2, 0) is 14.2 Å². The Morgan fingerprint density at radius 3 is 2.14 bits per heavy atom. The Balaban J connectivity index is 1.37. The van der Waals surface area contributed by atoms with Crippen LogP contribution in [0.5, 0.6) is 0 Å². The van der Waals surface area contributed by atoms with Crippen molar-refractivity contribution in [3.63, 3.8) is 0 Å². The number of hydrogen-bond acceptors (Lipinski definition) is 4. The van der Waals surface area contributed by atoms with Crippen LogP contribution in [0.3, 0.4) is 0 Å². The summed E-state index contributed by atoms with van der Waals surface area (Å²) in [5, 5.41) is 2.74. The van der Waals surface area contributed by atoms with Gasteiger partial charge in [0, 0.05) is 19.1 Å². The van der Waals surface area contributed by atoms with Gasteiger partial charge in [0.1, 0.15) is 13.3 Å². The van der Waals surface area contributed by atoms with Gasteiger partial charge in [-0.2, -0.15) is 0 Å². The molecule has 0 unspecified atom stereocenters. The lowest BCUT2D eigenvalue weighted by Crippen LogP contribution is -2.27. The van der Waals surface area contributed by atoms with Gasteiger partial charge in [-0.3, -0.25) is 0 Å². The number of halogens is 1. The predicted octanol–water partition coefficient (Wildman–Crippen LogP) is 3.92. The number of carbonyl (C=O) groups is 1. The standard InChI is InChI=1S/C22H26FNO4/c23-10-13-27-15-14-26-12-5-11-24-22(25)28-16-21-19-8-3-1-6-17(19)18-7-2-4-9-20(18)21/h1-4,6-9,21H,5,10-16H2,(H,24,25). The van der Waals surface area contributed by atoms with Crippen molar-refractivity contribution in [3.05, 3.63) is 59.7 Å². The first-order valence-corrected chi connectivity index (χ1v) is 9.61. The number of carbonyl (C=O) groups excluding carboxylic acids is 1. The average Bonchev–Trinajstić information content (AvgIpc) is 3.05. The van der Waals surface area contributed by atoms with E-state index in [0.717, 1.165) is 0 Å². The topological polar surface area (TPSA) is 56.8 Å². The number of nitrogens with one attached hydrogen (secondary N) is 1. The summed E-state index contributed by atoms with van der Waals surface area (Å²) in [5.74, 6) is 0.0609. The summed E-state index contributed by atoms with van der Waals surface area (Å²) in [7, 11) is 0. The van der Waals surface area contributed by atoms with Gasteiger partial charge in [0.25, 0.3) is 0 Å². The SMILES string of the molecule is O=C(NCCCOCCOCCF)OCC1c2ccccc2-c2ccccc21. The quantitative estimate of drug-likeness (QED) is 0.594. The largest absolute Gasteiger partial charge is 0.449 e. The van der Waals surface area contributed by atoms with Crippen LogP contribution < -0.4 is 5.32 Å². The summed E-state index contributed by atoms with van der Waals surface area (Å²) in [6, 6.07) is 16.5. The van der Waals surface area contributed by atoms with Crippen molar-refractivity contribution in [1.29, 1.82) is 0 Å². The molecule has 0 saturated heterocycles. The number of fused-ring (bicyclic) bond motifs is 3. The first-order chi connectivity index (χ1) is 13.8. The number of rotatable bonds is 11. The molecular weight excluding hydrogens is 361 g/mol. The van der Waals surface area contributed by atoms with Crippen LogP contribution >= 0.6 is 0 Å². The molecule has 0 atom stereocenters. The van der Waals surface area contributed by atoms with Crippen LogP contribution in [0.2, 0.25) is 0 Å². The molecule has 5 nitrogen and oxygen atoms in total. The van der Waals surface area contributed by atoms with Crippen molar-refractivity contribution in [2.75, 3.05) is 46.3 Å². The molecule has 0 saturated carbocycles. The molecule has 3 rings (SSSR count). The fourth-order valence-electron chi connectivity index (χ4n) is 3.39. The van der Waals surface area contributed by atoms with E-state index in [1.165, 1.54) is 22.3 Å². The Morgan fingerprint density at radius 1 is 0.893 bits per heavy atom. The number of ether oxygens (including phenoxy) is 3. The Bertz CT molecular complexity index is 722. The molecule has 0 bridgehead atoms. The van der Waals surface area contributed by atoms with Gasteiger partial charge < -0.3 is 19.5 Å². The zero-order valence-electron chi connectivity index (χ0n) is 15.9. The normalized spacial score (nSPS) is 12.5. The van der Waals surface area contributed by atoms with Gasteiger partial charge in [-0.05, 0) is 28.7 Å². The van der Waals surface area contributed by atoms with E-state index in [2.05, 4.69) is 29.6 Å². The van der Waals surface area contributed by atoms with Crippen LogP contribution in [0.4, 0.5) is 9.18 Å². The Kier molecular flexibility index (Phi) is 7.82. The van der Waals surface area contributed by atoms with Crippen LogP contribution in [-0.4, -0.2) is 52.3 Å². The summed E-state index contributed by atoms with van der Waals surface area (Å²) in [6.45, 7) is 1.71. The predicted molar refractivity (Wildman–Crippen MR) is 105 cm³/mol. The second-order valence-corrected chi connectivity index (χ2v) is 6.52. The molecule has 1 N–H and O–H groups in total. The summed E-state index contributed by atoms with van der Waals surface area (Å²) in [4.78, 5) is 12.0. The summed E-state index contributed by atoms with van der Waals surface area (Å²) in [6.07, 6.45) is 0.251. The summed E-state index contributed by atoms with van der Waals surface area (Å²) >= 11 is 0. The van der Waals surface area contributed by atoms with Crippen molar-refractivity contribution in [2.24, 2.45) is 0 Å². The van der Waals surface area contributed by atoms with Crippen LogP contribution in [0.25, 0.3) is 11.1 Å². The molecular formula is C22H26FNO4. The maximum absolute atomic E-state index is 12.0. The first kappa shape index (κ1) is 20.3. The fourth-order valence-corrected chi connectivity index (χ4v) is 3.39. The number of amides is 1. The Hall–Kier alpha value is -2.44. The van der Waals surface area contributed by atoms with Crippen LogP contribution in [0.15, 0.2) is 48.5 Å². The molecule has 1 amide bonds. The highest BCUT2D eigenvalue weighted by Crippen LogP contribution is 2.44. The van der Waals surface area contributed by atoms with Gasteiger partial charge in [-0.25, -0.2) is 9.18 Å². The third-order valence-electron chi connectivity index (χ3n) is 4.67. The minimum Gasteiger partial charge on any atom is -0.449 e. The first-order valence-electron chi connectivity index (χ1n) is 9.61. The molecule has 0 fully saturated rings. The van der Waals surface area contributed by atoms with Gasteiger partial charge >= 0.3 is 6.09 Å². The van der Waals surface area contributed by atoms with Crippen LogP contribution in [0, 0.1) is 0 Å². The van der Waals surface area contributed by atoms with Crippen molar-refractivity contribution in [2.45, 2.75) is 12.3 Å². The number of benzene rings is 2. The van der Waals surface area contributed by atoms with E-state index in [9.17, 15) is 9.18 Å². The lowest BCUT2D eigenvalue weighted by Gasteiger charge is -2.14. The molecule has 150 valence electrons. The molecule has 2 aromatic rings. The van der Waals surface area contributed by atoms with E-state index in [4.69, 9.17) is 14.2 Å². The maximum Gasteiger partial charge on any atom is 0.407 e. The smallest absolute Gasteiger partial charge is 0.407 e. The van der Waals surface area contributed by atoms with E-state index in [1.807, 2.05) is 24.3 Å². The zero-order valence-corrected chi connectivity index (χ0v) is 15.9. The third-order valence-corrected chi connectivity index (χ3v) is 4.67. The van der Waals surface area contributed by atoms with Crippen molar-refractivity contribution in [3.8, 4) is 11.1 Å². The van der Waals surface area contributed by atoms with E-state index < -0.39 is 12.8 Å². The van der Waals surface area contributed by atoms with Crippen molar-refractivity contribution < 1.29 is 23.4 Å². The summed E-state index contributed by atoms with van der Waals surface area (Å²) < 4.78 is 27.6. The highest BCUT2D eigenvalue weighted by molar-refractivity contribution is 5.79. The lowest BCUT2D eigenvalue weighted by atomic mass is 9.98. The molecule has 0 aromatic heterocycles. The van der Waals surface area contributed by atoms with Gasteiger partial charge in [-0.1, -0.05) is 48.5 Å². The van der Waals surface area contributed by atoms with Crippen molar-refractivity contribution >= 4 is 6.09 Å². The van der Waals surface area contributed by atoms with E-state index in [0.29, 0.717) is 39.4 Å². The third kappa shape index (κ3) is 5.30. The highest BCUT2D eigenvalue weighted by atomic mass is 19.1. The minimum atomic E-state index is -0.482. The molecule has 1 aliphatic rings. The van der Waals surface area contributed by atoms with Gasteiger partial charge in [0.15, 0.2) is 0 Å². The molecule has 0 radical (unpaired) electrons. The van der Waals surface area contributed by atoms with Crippen LogP contribution in [0.1, 0.15) is 23.5 Å². The minimum absolute atomic E-state index is 0.0609. The van der Waals surface area contributed by atoms with E-state index >= 15 is 0 Å². The zero-order chi connectivity index (χ0) is 19.6. The van der Waals surface area contributed by atoms with Gasteiger partial charge in [0.2, 0.25) is 0 Å². The molecule has 1 aliphatic carbocycles.